The van der Waals surface area contributed by atoms with Crippen molar-refractivity contribution < 1.29 is 23.4 Å². The average Bonchev–Trinajstić information content (AvgIpc) is 3.16. The maximum absolute atomic E-state index is 12.2. The summed E-state index contributed by atoms with van der Waals surface area (Å²) in [7, 11) is -3.23. The van der Waals surface area contributed by atoms with Gasteiger partial charge in [0, 0.05) is 18.2 Å². The molecule has 0 aliphatic heterocycles. The van der Waals surface area contributed by atoms with Gasteiger partial charge in [-0.15, -0.1) is 0 Å². The van der Waals surface area contributed by atoms with Crippen molar-refractivity contribution in [2.75, 3.05) is 0 Å². The first-order valence-electron chi connectivity index (χ1n) is 8.85. The number of rotatable bonds is 7. The molecular formula is C19H19N2O7P. The summed E-state index contributed by atoms with van der Waals surface area (Å²) >= 11 is 0. The highest BCUT2D eigenvalue weighted by Gasteiger charge is 2.32. The zero-order valence-electron chi connectivity index (χ0n) is 15.5. The fourth-order valence-corrected chi connectivity index (χ4v) is 3.45. The second kappa shape index (κ2) is 8.98. The first-order chi connectivity index (χ1) is 13.8. The number of aromatic amines is 1. The van der Waals surface area contributed by atoms with E-state index >= 15 is 0 Å². The molecule has 9 nitrogen and oxygen atoms in total. The van der Waals surface area contributed by atoms with Crippen LogP contribution in [0.1, 0.15) is 23.6 Å². The van der Waals surface area contributed by atoms with E-state index in [0.717, 1.165) is 5.56 Å². The molecule has 1 N–H and O–H groups in total. The van der Waals surface area contributed by atoms with E-state index < -0.39 is 42.9 Å². The predicted octanol–water partition coefficient (Wildman–Crippen LogP) is 1.97. The SMILES string of the molecule is Cc1cn(C2C=CC(OC(C(=O)OCc3ccccc3)P(=O)=O)C2)c(=O)[nH]c1=O. The van der Waals surface area contributed by atoms with Crippen LogP contribution < -0.4 is 11.2 Å². The summed E-state index contributed by atoms with van der Waals surface area (Å²) in [5.41, 5.74) is 0.0389. The van der Waals surface area contributed by atoms with Crippen molar-refractivity contribution in [2.24, 2.45) is 0 Å². The van der Waals surface area contributed by atoms with E-state index in [4.69, 9.17) is 9.47 Å². The topological polar surface area (TPSA) is 125 Å². The molecule has 1 heterocycles. The van der Waals surface area contributed by atoms with E-state index in [0.29, 0.717) is 5.56 Å². The Balaban J connectivity index is 1.64. The largest absolute Gasteiger partial charge is 0.458 e. The molecule has 2 aromatic rings. The Labute approximate surface area is 165 Å². The fraction of sp³-hybridized carbons (Fsp3) is 0.316. The molecule has 3 atom stereocenters. The number of hydrogen-bond acceptors (Lipinski definition) is 7. The van der Waals surface area contributed by atoms with Gasteiger partial charge in [0.05, 0.1) is 12.1 Å². The molecule has 10 heteroatoms. The number of H-pyrrole nitrogens is 1. The van der Waals surface area contributed by atoms with Crippen molar-refractivity contribution >= 4 is 13.6 Å². The molecule has 1 aromatic heterocycles. The molecule has 29 heavy (non-hydrogen) atoms. The summed E-state index contributed by atoms with van der Waals surface area (Å²) < 4.78 is 34.8. The molecule has 1 aromatic carbocycles. The second-order valence-corrected chi connectivity index (χ2v) is 7.61. The fourth-order valence-electron chi connectivity index (χ4n) is 2.94. The molecule has 0 amide bonds. The molecule has 3 unspecified atom stereocenters. The number of aromatic nitrogens is 2. The zero-order chi connectivity index (χ0) is 21.0. The molecule has 152 valence electrons. The van der Waals surface area contributed by atoms with Crippen LogP contribution in [0.4, 0.5) is 0 Å². The molecule has 1 aliphatic carbocycles. The number of carbonyl (C=O) groups is 1. The quantitative estimate of drug-likeness (QED) is 0.414. The summed E-state index contributed by atoms with van der Waals surface area (Å²) in [6.07, 6.45) is 4.19. The molecule has 0 saturated heterocycles. The summed E-state index contributed by atoms with van der Waals surface area (Å²) in [6.45, 7) is 1.50. The van der Waals surface area contributed by atoms with Gasteiger partial charge in [0.1, 0.15) is 6.61 Å². The van der Waals surface area contributed by atoms with E-state index in [9.17, 15) is 23.5 Å². The number of ether oxygens (including phenoxy) is 2. The highest BCUT2D eigenvalue weighted by atomic mass is 31.1. The number of aryl methyl sites for hydroxylation is 1. The number of carbonyl (C=O) groups excluding carboxylic acids is 1. The molecular weight excluding hydrogens is 399 g/mol. The number of nitrogens with one attached hydrogen (secondary N) is 1. The summed E-state index contributed by atoms with van der Waals surface area (Å²) in [6, 6.07) is 8.41. The van der Waals surface area contributed by atoms with Crippen molar-refractivity contribution in [1.82, 2.24) is 9.55 Å². The van der Waals surface area contributed by atoms with Crippen LogP contribution in [0.2, 0.25) is 0 Å². The normalized spacial score (nSPS) is 19.1. The van der Waals surface area contributed by atoms with Crippen LogP contribution in [0.25, 0.3) is 0 Å². The van der Waals surface area contributed by atoms with E-state index in [1.807, 2.05) is 6.07 Å². The molecule has 3 rings (SSSR count). The first kappa shape index (κ1) is 20.7. The van der Waals surface area contributed by atoms with E-state index in [1.165, 1.54) is 10.8 Å². The average molecular weight is 418 g/mol. The van der Waals surface area contributed by atoms with Gasteiger partial charge >= 0.3 is 19.3 Å². The van der Waals surface area contributed by atoms with Gasteiger partial charge < -0.3 is 9.47 Å². The Morgan fingerprint density at radius 2 is 1.97 bits per heavy atom. The Hall–Kier alpha value is -3.03. The van der Waals surface area contributed by atoms with Crippen LogP contribution >= 0.6 is 7.68 Å². The van der Waals surface area contributed by atoms with Gasteiger partial charge in [-0.2, -0.15) is 0 Å². The monoisotopic (exact) mass is 418 g/mol. The van der Waals surface area contributed by atoms with Gasteiger partial charge in [-0.1, -0.05) is 42.5 Å². The predicted molar refractivity (Wildman–Crippen MR) is 102 cm³/mol. The molecule has 0 spiro atoms. The van der Waals surface area contributed by atoms with Crippen molar-refractivity contribution in [3.05, 3.63) is 80.6 Å². The Morgan fingerprint density at radius 1 is 1.24 bits per heavy atom. The van der Waals surface area contributed by atoms with E-state index in [1.54, 1.807) is 43.3 Å². The van der Waals surface area contributed by atoms with Crippen LogP contribution in [-0.4, -0.2) is 27.5 Å². The lowest BCUT2D eigenvalue weighted by atomic mass is 10.2. The van der Waals surface area contributed by atoms with E-state index in [-0.39, 0.29) is 13.0 Å². The Morgan fingerprint density at radius 3 is 2.66 bits per heavy atom. The lowest BCUT2D eigenvalue weighted by Gasteiger charge is -2.17. The van der Waals surface area contributed by atoms with Gasteiger partial charge in [-0.3, -0.25) is 14.3 Å². The minimum Gasteiger partial charge on any atom is -0.458 e. The number of allylic oxidation sites excluding steroid dienone is 1. The van der Waals surface area contributed by atoms with Crippen molar-refractivity contribution in [3.8, 4) is 0 Å². The van der Waals surface area contributed by atoms with Crippen LogP contribution in [0, 0.1) is 6.92 Å². The molecule has 0 radical (unpaired) electrons. The summed E-state index contributed by atoms with van der Waals surface area (Å²) in [5.74, 6) is -2.75. The van der Waals surface area contributed by atoms with E-state index in [2.05, 4.69) is 4.98 Å². The third-order valence-electron chi connectivity index (χ3n) is 4.45. The van der Waals surface area contributed by atoms with Crippen LogP contribution in [0.5, 0.6) is 0 Å². The van der Waals surface area contributed by atoms with Gasteiger partial charge in [-0.25, -0.2) is 18.7 Å². The molecule has 0 fully saturated rings. The van der Waals surface area contributed by atoms with Gasteiger partial charge in [0.25, 0.3) is 11.4 Å². The first-order valence-corrected chi connectivity index (χ1v) is 10.1. The minimum absolute atomic E-state index is 0.0715. The number of benzene rings is 1. The third kappa shape index (κ3) is 5.07. The summed E-state index contributed by atoms with van der Waals surface area (Å²) in [5, 5.41) is 0. The van der Waals surface area contributed by atoms with Gasteiger partial charge in [0.2, 0.25) is 0 Å². The van der Waals surface area contributed by atoms with Gasteiger partial charge in [0.15, 0.2) is 0 Å². The van der Waals surface area contributed by atoms with Crippen molar-refractivity contribution in [2.45, 2.75) is 37.9 Å². The summed E-state index contributed by atoms with van der Waals surface area (Å²) in [4.78, 5) is 37.9. The maximum atomic E-state index is 12.2. The number of hydrogen-bond donors (Lipinski definition) is 1. The Kier molecular flexibility index (Phi) is 6.41. The smallest absolute Gasteiger partial charge is 0.357 e. The zero-order valence-corrected chi connectivity index (χ0v) is 16.4. The minimum atomic E-state index is -3.23. The standard InChI is InChI=1S/C19H19N2O7P/c1-12-10-21(19(24)20-16(12)22)14-7-8-15(9-14)28-18(29(25)26)17(23)27-11-13-5-3-2-4-6-13/h2-8,10,14-15,18H,9,11H2,1H3,(H,20,22,24). The second-order valence-electron chi connectivity index (χ2n) is 6.57. The van der Waals surface area contributed by atoms with Crippen LogP contribution in [0.3, 0.4) is 0 Å². The molecule has 0 saturated carbocycles. The van der Waals surface area contributed by atoms with Crippen molar-refractivity contribution in [3.63, 3.8) is 0 Å². The van der Waals surface area contributed by atoms with Crippen LogP contribution in [0.15, 0.2) is 58.3 Å². The number of nitrogens with zero attached hydrogens (tertiary/aromatic N) is 1. The Bertz CT molecular complexity index is 1090. The lowest BCUT2D eigenvalue weighted by molar-refractivity contribution is -0.154. The van der Waals surface area contributed by atoms with Crippen LogP contribution in [-0.2, 0) is 30.0 Å². The number of esters is 1. The van der Waals surface area contributed by atoms with Gasteiger partial charge in [-0.05, 0) is 12.5 Å². The molecule has 1 aliphatic rings. The highest BCUT2D eigenvalue weighted by Crippen LogP contribution is 2.28. The third-order valence-corrected chi connectivity index (χ3v) is 5.16. The maximum Gasteiger partial charge on any atom is 0.357 e. The lowest BCUT2D eigenvalue weighted by Crippen LogP contribution is -2.33. The molecule has 0 bridgehead atoms. The van der Waals surface area contributed by atoms with Crippen molar-refractivity contribution in [1.29, 1.82) is 0 Å². The highest BCUT2D eigenvalue weighted by molar-refractivity contribution is 7.32.